The summed E-state index contributed by atoms with van der Waals surface area (Å²) >= 11 is 4.40. The number of likely N-dealkylation sites (N-methyl/N-ethyl adjacent to an activating group) is 1. The first-order valence-corrected chi connectivity index (χ1v) is 19.2. The highest BCUT2D eigenvalue weighted by Crippen LogP contribution is 2.25. The van der Waals surface area contributed by atoms with Crippen LogP contribution in [0.5, 0.6) is 0 Å². The second-order valence-electron chi connectivity index (χ2n) is 15.2. The van der Waals surface area contributed by atoms with Crippen LogP contribution in [0.25, 0.3) is 0 Å². The molecule has 0 bridgehead atoms. The second kappa shape index (κ2) is 20.9. The van der Waals surface area contributed by atoms with E-state index in [9.17, 15) is 28.8 Å². The van der Waals surface area contributed by atoms with E-state index in [1.54, 1.807) is 20.8 Å². The summed E-state index contributed by atoms with van der Waals surface area (Å²) in [7, 11) is 1.44. The largest absolute Gasteiger partial charge is 0.459 e. The minimum Gasteiger partial charge on any atom is -0.459 e. The van der Waals surface area contributed by atoms with E-state index in [0.29, 0.717) is 0 Å². The molecule has 0 radical (unpaired) electrons. The summed E-state index contributed by atoms with van der Waals surface area (Å²) in [6, 6.07) is 13.9. The molecule has 15 heteroatoms. The van der Waals surface area contributed by atoms with Gasteiger partial charge in [0.2, 0.25) is 23.6 Å². The summed E-state index contributed by atoms with van der Waals surface area (Å²) < 4.78 is 16.4. The molecular weight excluding hydrogens is 727 g/mol. The lowest BCUT2D eigenvalue weighted by Crippen LogP contribution is -2.67. The van der Waals surface area contributed by atoms with Crippen molar-refractivity contribution in [2.24, 2.45) is 5.92 Å². The Morgan fingerprint density at radius 3 is 1.95 bits per heavy atom. The van der Waals surface area contributed by atoms with E-state index in [0.717, 1.165) is 11.1 Å². The molecule has 2 aromatic carbocycles. The van der Waals surface area contributed by atoms with Crippen LogP contribution in [-0.2, 0) is 51.2 Å². The van der Waals surface area contributed by atoms with E-state index in [1.165, 1.54) is 18.9 Å². The van der Waals surface area contributed by atoms with E-state index in [1.807, 2.05) is 74.5 Å². The second-order valence-corrected chi connectivity index (χ2v) is 15.6. The Hall–Kier alpha value is -4.63. The van der Waals surface area contributed by atoms with Gasteiger partial charge in [0.1, 0.15) is 41.9 Å². The lowest BCUT2D eigenvalue weighted by Gasteiger charge is -2.41. The third-order valence-corrected chi connectivity index (χ3v) is 9.29. The summed E-state index contributed by atoms with van der Waals surface area (Å²) in [5.74, 6) is -3.18. The molecule has 1 fully saturated rings. The molecule has 14 nitrogen and oxygen atoms in total. The maximum absolute atomic E-state index is 14.4. The van der Waals surface area contributed by atoms with Crippen molar-refractivity contribution in [3.8, 4) is 0 Å². The van der Waals surface area contributed by atoms with Crippen molar-refractivity contribution in [3.63, 3.8) is 0 Å². The van der Waals surface area contributed by atoms with Gasteiger partial charge in [0.15, 0.2) is 0 Å². The number of benzene rings is 2. The molecular formula is C40H57N5O9S. The Labute approximate surface area is 329 Å². The van der Waals surface area contributed by atoms with Crippen LogP contribution in [0.4, 0.5) is 4.79 Å². The van der Waals surface area contributed by atoms with Gasteiger partial charge in [-0.05, 0) is 51.2 Å². The number of hydrogen-bond acceptors (Lipinski definition) is 10. The Balaban J connectivity index is 1.77. The van der Waals surface area contributed by atoms with Crippen LogP contribution in [0.1, 0.15) is 71.9 Å². The quantitative estimate of drug-likeness (QED) is 0.119. The molecule has 1 saturated heterocycles. The minimum absolute atomic E-state index is 0.0240. The number of carbonyl (C=O) groups excluding carboxylic acids is 6. The van der Waals surface area contributed by atoms with Gasteiger partial charge >= 0.3 is 12.1 Å². The maximum Gasteiger partial charge on any atom is 0.408 e. The highest BCUT2D eigenvalue weighted by atomic mass is 32.1. The number of ether oxygens (including phenoxy) is 3. The number of nitrogens with zero attached hydrogens (tertiary/aromatic N) is 1. The fourth-order valence-electron chi connectivity index (χ4n) is 6.00. The Kier molecular flexibility index (Phi) is 17.0. The van der Waals surface area contributed by atoms with Crippen molar-refractivity contribution < 1.29 is 43.0 Å². The van der Waals surface area contributed by atoms with Crippen LogP contribution < -0.4 is 21.3 Å². The summed E-state index contributed by atoms with van der Waals surface area (Å²) in [4.78, 5) is 82.5. The molecule has 0 aliphatic carbocycles. The molecule has 55 heavy (non-hydrogen) atoms. The summed E-state index contributed by atoms with van der Waals surface area (Å²) in [6.45, 7) is 10.7. The van der Waals surface area contributed by atoms with Gasteiger partial charge in [0.05, 0.1) is 0 Å². The zero-order valence-corrected chi connectivity index (χ0v) is 33.8. The zero-order valence-electron chi connectivity index (χ0n) is 32.9. The molecule has 0 spiro atoms. The third-order valence-electron chi connectivity index (χ3n) is 8.95. The van der Waals surface area contributed by atoms with Gasteiger partial charge < -0.3 is 40.4 Å². The highest BCUT2D eigenvalue weighted by Gasteiger charge is 2.46. The molecule has 0 aromatic heterocycles. The number of esters is 1. The number of alkyl carbamates (subject to hydrolysis) is 1. The van der Waals surface area contributed by atoms with Crippen molar-refractivity contribution in [3.05, 3.63) is 71.8 Å². The predicted octanol–water partition coefficient (Wildman–Crippen LogP) is 3.32. The van der Waals surface area contributed by atoms with Gasteiger partial charge in [-0.1, -0.05) is 74.5 Å². The van der Waals surface area contributed by atoms with E-state index in [-0.39, 0.29) is 57.2 Å². The van der Waals surface area contributed by atoms with Crippen molar-refractivity contribution in [1.82, 2.24) is 26.2 Å². The Morgan fingerprint density at radius 1 is 0.818 bits per heavy atom. The van der Waals surface area contributed by atoms with E-state index in [4.69, 9.17) is 14.2 Å². The molecule has 4 atom stereocenters. The van der Waals surface area contributed by atoms with E-state index >= 15 is 0 Å². The number of rotatable bonds is 17. The Bertz CT molecular complexity index is 1600. The normalized spacial score (nSPS) is 16.0. The highest BCUT2D eigenvalue weighted by molar-refractivity contribution is 7.80. The molecule has 0 unspecified atom stereocenters. The molecule has 5 amide bonds. The summed E-state index contributed by atoms with van der Waals surface area (Å²) in [5.41, 5.74) is -0.737. The fraction of sp³-hybridized carbons (Fsp3) is 0.550. The standard InChI is InChI=1S/C40H57N5O9S/c1-26(2)22-30(33(46)41-27(3)36(49)53-24-29-16-12-9-13-17-29)42-35(48)32(25-55)45(7)37(50)40(18-20-52-21-19-40)44-34(47)31(23-28-14-10-8-11-15-28)43-38(51)54-39(4,5)6/h8-17,26-27,30-32,55H,18-25H2,1-7H3,(H,41,46)(H,42,48)(H,43,51)(H,44,47)/t27-,30-,31-,32-/m0/s1. The Morgan fingerprint density at radius 2 is 1.40 bits per heavy atom. The minimum atomic E-state index is -1.49. The topological polar surface area (TPSA) is 181 Å². The van der Waals surface area contributed by atoms with E-state index in [2.05, 4.69) is 33.9 Å². The summed E-state index contributed by atoms with van der Waals surface area (Å²) in [5, 5.41) is 11.0. The van der Waals surface area contributed by atoms with Gasteiger partial charge in [-0.15, -0.1) is 0 Å². The number of hydrogen-bond donors (Lipinski definition) is 5. The number of carbonyl (C=O) groups is 6. The van der Waals surface area contributed by atoms with Gasteiger partial charge in [-0.2, -0.15) is 12.6 Å². The first-order chi connectivity index (χ1) is 25.9. The molecule has 1 heterocycles. The number of amides is 5. The number of nitrogens with one attached hydrogen (secondary N) is 4. The fourth-order valence-corrected chi connectivity index (χ4v) is 6.41. The van der Waals surface area contributed by atoms with Crippen LogP contribution in [0.3, 0.4) is 0 Å². The van der Waals surface area contributed by atoms with Crippen LogP contribution in [0.2, 0.25) is 0 Å². The smallest absolute Gasteiger partial charge is 0.408 e. The molecule has 1 aliphatic rings. The lowest BCUT2D eigenvalue weighted by molar-refractivity contribution is -0.150. The molecule has 0 saturated carbocycles. The monoisotopic (exact) mass is 783 g/mol. The zero-order chi connectivity index (χ0) is 40.8. The van der Waals surface area contributed by atoms with Gasteiger partial charge in [0, 0.05) is 45.3 Å². The van der Waals surface area contributed by atoms with Crippen LogP contribution in [0.15, 0.2) is 60.7 Å². The maximum atomic E-state index is 14.4. The average molecular weight is 784 g/mol. The third kappa shape index (κ3) is 14.2. The molecule has 302 valence electrons. The van der Waals surface area contributed by atoms with Crippen LogP contribution >= 0.6 is 12.6 Å². The summed E-state index contributed by atoms with van der Waals surface area (Å²) in [6.07, 6.45) is -0.232. The van der Waals surface area contributed by atoms with Gasteiger partial charge in [0.25, 0.3) is 0 Å². The van der Waals surface area contributed by atoms with Crippen LogP contribution in [0, 0.1) is 5.92 Å². The van der Waals surface area contributed by atoms with Gasteiger partial charge in [-0.3, -0.25) is 19.2 Å². The molecule has 3 rings (SSSR count). The first-order valence-electron chi connectivity index (χ1n) is 18.6. The first kappa shape index (κ1) is 44.8. The molecule has 2 aromatic rings. The van der Waals surface area contributed by atoms with Gasteiger partial charge in [-0.25, -0.2) is 9.59 Å². The molecule has 1 aliphatic heterocycles. The molecule has 4 N–H and O–H groups in total. The van der Waals surface area contributed by atoms with Crippen molar-refractivity contribution >= 4 is 48.3 Å². The number of thiol groups is 1. The van der Waals surface area contributed by atoms with E-state index < -0.39 is 71.0 Å². The van der Waals surface area contributed by atoms with Crippen molar-refractivity contribution in [2.45, 2.75) is 109 Å². The lowest BCUT2D eigenvalue weighted by atomic mass is 9.87. The average Bonchev–Trinajstić information content (AvgIpc) is 3.13. The van der Waals surface area contributed by atoms with Crippen molar-refractivity contribution in [2.75, 3.05) is 26.0 Å². The SMILES string of the molecule is CC(C)C[C@H](NC(=O)[C@H](CS)N(C)C(=O)C1(NC(=O)[C@H](Cc2ccccc2)NC(=O)OC(C)(C)C)CCOCC1)C(=O)N[C@@H](C)C(=O)OCc1ccccc1. The predicted molar refractivity (Wildman–Crippen MR) is 210 cm³/mol. The van der Waals surface area contributed by atoms with Crippen LogP contribution in [-0.4, -0.2) is 102 Å². The van der Waals surface area contributed by atoms with Crippen molar-refractivity contribution in [1.29, 1.82) is 0 Å².